The molecule has 2 rings (SSSR count). The van der Waals surface area contributed by atoms with Gasteiger partial charge in [0.1, 0.15) is 4.60 Å². The summed E-state index contributed by atoms with van der Waals surface area (Å²) in [6.45, 7) is 0. The second-order valence-electron chi connectivity index (χ2n) is 4.61. The molecule has 2 aromatic rings. The molecule has 0 fully saturated rings. The fourth-order valence-corrected chi connectivity index (χ4v) is 2.20. The molecule has 22 heavy (non-hydrogen) atoms. The predicted octanol–water partition coefficient (Wildman–Crippen LogP) is 3.43. The number of anilines is 1. The normalized spacial score (nSPS) is 10.1. The van der Waals surface area contributed by atoms with E-state index < -0.39 is 0 Å². The van der Waals surface area contributed by atoms with E-state index in [0.717, 1.165) is 10.2 Å². The van der Waals surface area contributed by atoms with Crippen molar-refractivity contribution in [1.29, 1.82) is 0 Å². The minimum atomic E-state index is -0.0566. The summed E-state index contributed by atoms with van der Waals surface area (Å²) in [6.07, 6.45) is 2.61. The summed E-state index contributed by atoms with van der Waals surface area (Å²) < 4.78 is 11.2. The molecule has 116 valence electrons. The van der Waals surface area contributed by atoms with Crippen LogP contribution in [0.2, 0.25) is 0 Å². The number of pyridine rings is 1. The molecular weight excluding hydrogens is 348 g/mol. The number of aryl methyl sites for hydroxylation is 1. The molecule has 0 spiro atoms. The number of methoxy groups -OCH3 is 2. The standard InChI is InChI=1S/C16H17BrN2O3/c1-21-13-6-3-11(9-14(13)22-2)4-8-16(20)19-12-5-7-15(17)18-10-12/h3,5-7,9-10H,4,8H2,1-2H3,(H,19,20). The van der Waals surface area contributed by atoms with Crippen molar-refractivity contribution in [2.24, 2.45) is 0 Å². The molecule has 1 aromatic carbocycles. The maximum Gasteiger partial charge on any atom is 0.224 e. The molecule has 5 nitrogen and oxygen atoms in total. The third-order valence-corrected chi connectivity index (χ3v) is 3.57. The summed E-state index contributed by atoms with van der Waals surface area (Å²) in [4.78, 5) is 16.0. The second kappa shape index (κ2) is 7.79. The van der Waals surface area contributed by atoms with Gasteiger partial charge in [0.2, 0.25) is 5.91 Å². The van der Waals surface area contributed by atoms with E-state index in [4.69, 9.17) is 9.47 Å². The molecule has 0 saturated heterocycles. The Morgan fingerprint density at radius 1 is 1.18 bits per heavy atom. The van der Waals surface area contributed by atoms with Crippen molar-refractivity contribution in [3.63, 3.8) is 0 Å². The number of rotatable bonds is 6. The molecule has 0 radical (unpaired) electrons. The van der Waals surface area contributed by atoms with Crippen LogP contribution < -0.4 is 14.8 Å². The first-order valence-electron chi connectivity index (χ1n) is 6.74. The van der Waals surface area contributed by atoms with Gasteiger partial charge >= 0.3 is 0 Å². The Hall–Kier alpha value is -2.08. The number of carbonyl (C=O) groups is 1. The third kappa shape index (κ3) is 4.46. The maximum absolute atomic E-state index is 11.9. The minimum absolute atomic E-state index is 0.0566. The summed E-state index contributed by atoms with van der Waals surface area (Å²) >= 11 is 3.25. The molecule has 1 aromatic heterocycles. The van der Waals surface area contributed by atoms with Crippen LogP contribution in [0.5, 0.6) is 11.5 Å². The van der Waals surface area contributed by atoms with Crippen LogP contribution in [0.3, 0.4) is 0 Å². The number of carbonyl (C=O) groups excluding carboxylic acids is 1. The highest BCUT2D eigenvalue weighted by molar-refractivity contribution is 9.10. The van der Waals surface area contributed by atoms with E-state index in [2.05, 4.69) is 26.2 Å². The largest absolute Gasteiger partial charge is 0.493 e. The molecule has 0 aliphatic rings. The third-order valence-electron chi connectivity index (χ3n) is 3.10. The molecular formula is C16H17BrN2O3. The molecule has 1 heterocycles. The number of aromatic nitrogens is 1. The van der Waals surface area contributed by atoms with Crippen LogP contribution in [0.1, 0.15) is 12.0 Å². The van der Waals surface area contributed by atoms with Gasteiger partial charge < -0.3 is 14.8 Å². The second-order valence-corrected chi connectivity index (χ2v) is 5.42. The van der Waals surface area contributed by atoms with E-state index >= 15 is 0 Å². The lowest BCUT2D eigenvalue weighted by molar-refractivity contribution is -0.116. The highest BCUT2D eigenvalue weighted by Gasteiger charge is 2.07. The average Bonchev–Trinajstić information content (AvgIpc) is 2.54. The van der Waals surface area contributed by atoms with Crippen molar-refractivity contribution < 1.29 is 14.3 Å². The van der Waals surface area contributed by atoms with Crippen molar-refractivity contribution in [3.05, 3.63) is 46.7 Å². The van der Waals surface area contributed by atoms with Gasteiger partial charge in [-0.15, -0.1) is 0 Å². The van der Waals surface area contributed by atoms with Gasteiger partial charge in [-0.3, -0.25) is 4.79 Å². The highest BCUT2D eigenvalue weighted by Crippen LogP contribution is 2.28. The number of hydrogen-bond acceptors (Lipinski definition) is 4. The smallest absolute Gasteiger partial charge is 0.224 e. The van der Waals surface area contributed by atoms with E-state index in [1.54, 1.807) is 32.5 Å². The van der Waals surface area contributed by atoms with E-state index in [1.807, 2.05) is 18.2 Å². The molecule has 0 saturated carbocycles. The number of halogens is 1. The van der Waals surface area contributed by atoms with Crippen LogP contribution in [0, 0.1) is 0 Å². The van der Waals surface area contributed by atoms with E-state index in [0.29, 0.717) is 30.0 Å². The lowest BCUT2D eigenvalue weighted by Gasteiger charge is -2.09. The number of benzene rings is 1. The van der Waals surface area contributed by atoms with Crippen molar-refractivity contribution in [3.8, 4) is 11.5 Å². The first-order chi connectivity index (χ1) is 10.6. The lowest BCUT2D eigenvalue weighted by atomic mass is 10.1. The van der Waals surface area contributed by atoms with Gasteiger partial charge in [0, 0.05) is 6.42 Å². The van der Waals surface area contributed by atoms with Gasteiger partial charge in [-0.2, -0.15) is 0 Å². The maximum atomic E-state index is 11.9. The van der Waals surface area contributed by atoms with Crippen LogP contribution in [-0.2, 0) is 11.2 Å². The predicted molar refractivity (Wildman–Crippen MR) is 88.4 cm³/mol. The molecule has 0 bridgehead atoms. The van der Waals surface area contributed by atoms with Crippen LogP contribution in [-0.4, -0.2) is 25.1 Å². The van der Waals surface area contributed by atoms with E-state index in [9.17, 15) is 4.79 Å². The number of ether oxygens (including phenoxy) is 2. The van der Waals surface area contributed by atoms with Gasteiger partial charge in [-0.1, -0.05) is 6.07 Å². The Labute approximate surface area is 137 Å². The van der Waals surface area contributed by atoms with Crippen LogP contribution in [0.25, 0.3) is 0 Å². The highest BCUT2D eigenvalue weighted by atomic mass is 79.9. The molecule has 0 aliphatic carbocycles. The van der Waals surface area contributed by atoms with Crippen molar-refractivity contribution in [2.75, 3.05) is 19.5 Å². The molecule has 6 heteroatoms. The van der Waals surface area contributed by atoms with Gasteiger partial charge in [-0.25, -0.2) is 4.98 Å². The Balaban J connectivity index is 1.92. The minimum Gasteiger partial charge on any atom is -0.493 e. The summed E-state index contributed by atoms with van der Waals surface area (Å²) in [5.41, 5.74) is 1.70. The average molecular weight is 365 g/mol. The molecule has 1 N–H and O–H groups in total. The van der Waals surface area contributed by atoms with Crippen molar-refractivity contribution in [1.82, 2.24) is 4.98 Å². The fourth-order valence-electron chi connectivity index (χ4n) is 1.97. The fraction of sp³-hybridized carbons (Fsp3) is 0.250. The number of amides is 1. The lowest BCUT2D eigenvalue weighted by Crippen LogP contribution is -2.12. The quantitative estimate of drug-likeness (QED) is 0.797. The van der Waals surface area contributed by atoms with Crippen LogP contribution >= 0.6 is 15.9 Å². The number of nitrogens with zero attached hydrogens (tertiary/aromatic N) is 1. The van der Waals surface area contributed by atoms with Crippen molar-refractivity contribution in [2.45, 2.75) is 12.8 Å². The summed E-state index contributed by atoms with van der Waals surface area (Å²) in [7, 11) is 3.19. The van der Waals surface area contributed by atoms with E-state index in [1.165, 1.54) is 0 Å². The Bertz CT molecular complexity index is 644. The summed E-state index contributed by atoms with van der Waals surface area (Å²) in [5.74, 6) is 1.29. The number of hydrogen-bond donors (Lipinski definition) is 1. The van der Waals surface area contributed by atoms with Gasteiger partial charge in [-0.05, 0) is 52.2 Å². The molecule has 0 unspecified atom stereocenters. The summed E-state index contributed by atoms with van der Waals surface area (Å²) in [6, 6.07) is 9.23. The first-order valence-corrected chi connectivity index (χ1v) is 7.54. The molecule has 1 amide bonds. The topological polar surface area (TPSA) is 60.5 Å². The SMILES string of the molecule is COc1ccc(CCC(=O)Nc2ccc(Br)nc2)cc1OC. The van der Waals surface area contributed by atoms with Gasteiger partial charge in [0.25, 0.3) is 0 Å². The Morgan fingerprint density at radius 2 is 1.95 bits per heavy atom. The zero-order valence-electron chi connectivity index (χ0n) is 12.4. The first kappa shape index (κ1) is 16.3. The Kier molecular flexibility index (Phi) is 5.77. The molecule has 0 atom stereocenters. The van der Waals surface area contributed by atoms with Gasteiger partial charge in [0.15, 0.2) is 11.5 Å². The molecule has 0 aliphatic heterocycles. The van der Waals surface area contributed by atoms with E-state index in [-0.39, 0.29) is 5.91 Å². The van der Waals surface area contributed by atoms with Crippen LogP contribution in [0.4, 0.5) is 5.69 Å². The zero-order valence-corrected chi connectivity index (χ0v) is 14.0. The number of nitrogens with one attached hydrogen (secondary N) is 1. The monoisotopic (exact) mass is 364 g/mol. The van der Waals surface area contributed by atoms with Gasteiger partial charge in [0.05, 0.1) is 26.1 Å². The zero-order chi connectivity index (χ0) is 15.9. The van der Waals surface area contributed by atoms with Crippen LogP contribution in [0.15, 0.2) is 41.1 Å². The Morgan fingerprint density at radius 3 is 2.59 bits per heavy atom. The van der Waals surface area contributed by atoms with Crippen molar-refractivity contribution >= 4 is 27.5 Å². The summed E-state index contributed by atoms with van der Waals surface area (Å²) in [5, 5.41) is 2.81.